The van der Waals surface area contributed by atoms with E-state index < -0.39 is 6.04 Å². The maximum Gasteiger partial charge on any atom is 0.261 e. The van der Waals surface area contributed by atoms with Crippen LogP contribution in [0.15, 0.2) is 54.6 Å². The molecule has 5 nitrogen and oxygen atoms in total. The second kappa shape index (κ2) is 12.4. The lowest BCUT2D eigenvalue weighted by Crippen LogP contribution is -2.52. The van der Waals surface area contributed by atoms with Gasteiger partial charge >= 0.3 is 0 Å². The van der Waals surface area contributed by atoms with Gasteiger partial charge in [-0.05, 0) is 49.3 Å². The van der Waals surface area contributed by atoms with Crippen LogP contribution >= 0.6 is 0 Å². The van der Waals surface area contributed by atoms with Crippen LogP contribution in [-0.2, 0) is 16.0 Å². The molecule has 33 heavy (non-hydrogen) atoms. The molecule has 2 aromatic carbocycles. The van der Waals surface area contributed by atoms with E-state index in [-0.39, 0.29) is 24.5 Å². The van der Waals surface area contributed by atoms with Crippen molar-refractivity contribution in [2.45, 2.75) is 77.3 Å². The molecule has 0 heterocycles. The lowest BCUT2D eigenvalue weighted by atomic mass is 9.95. The predicted octanol–water partition coefficient (Wildman–Crippen LogP) is 5.10. The highest BCUT2D eigenvalue weighted by Crippen LogP contribution is 2.26. The van der Waals surface area contributed by atoms with Gasteiger partial charge in [-0.25, -0.2) is 0 Å². The molecule has 1 saturated carbocycles. The molecule has 3 rings (SSSR count). The van der Waals surface area contributed by atoms with E-state index in [4.69, 9.17) is 4.74 Å². The average molecular weight is 451 g/mol. The number of benzene rings is 2. The largest absolute Gasteiger partial charge is 0.483 e. The minimum atomic E-state index is -0.549. The number of ether oxygens (including phenoxy) is 1. The fourth-order valence-electron chi connectivity index (χ4n) is 4.45. The number of carbonyl (C=O) groups excluding carboxylic acids is 2. The standard InChI is InChI=1S/C28H38N2O3/c1-21(2)25-16-10-11-17-26(25)33-20-27(31)30(19-18-23-12-6-4-7-13-23)22(3)28(32)29-24-14-8-5-9-15-24/h4,6-7,10-13,16-17,21-22,24H,5,8-9,14-15,18-20H2,1-3H3,(H,29,32). The summed E-state index contributed by atoms with van der Waals surface area (Å²) in [4.78, 5) is 28.0. The van der Waals surface area contributed by atoms with Crippen LogP contribution < -0.4 is 10.1 Å². The van der Waals surface area contributed by atoms with Crippen molar-refractivity contribution in [3.8, 4) is 5.75 Å². The zero-order valence-corrected chi connectivity index (χ0v) is 20.3. The van der Waals surface area contributed by atoms with Crippen molar-refractivity contribution in [3.05, 3.63) is 65.7 Å². The van der Waals surface area contributed by atoms with E-state index in [0.29, 0.717) is 18.9 Å². The van der Waals surface area contributed by atoms with E-state index >= 15 is 0 Å². The Morgan fingerprint density at radius 1 is 0.970 bits per heavy atom. The molecule has 2 aromatic rings. The fourth-order valence-corrected chi connectivity index (χ4v) is 4.45. The maximum atomic E-state index is 13.3. The van der Waals surface area contributed by atoms with Crippen LogP contribution in [0.3, 0.4) is 0 Å². The van der Waals surface area contributed by atoms with Crippen molar-refractivity contribution >= 4 is 11.8 Å². The summed E-state index contributed by atoms with van der Waals surface area (Å²) < 4.78 is 5.95. The molecule has 0 aromatic heterocycles. The first-order chi connectivity index (χ1) is 16.0. The van der Waals surface area contributed by atoms with Gasteiger partial charge in [0.25, 0.3) is 5.91 Å². The van der Waals surface area contributed by atoms with Gasteiger partial charge in [-0.15, -0.1) is 0 Å². The number of para-hydroxylation sites is 1. The molecule has 0 aliphatic heterocycles. The number of nitrogens with one attached hydrogen (secondary N) is 1. The van der Waals surface area contributed by atoms with Crippen LogP contribution in [0.5, 0.6) is 5.75 Å². The third-order valence-electron chi connectivity index (χ3n) is 6.50. The highest BCUT2D eigenvalue weighted by molar-refractivity contribution is 5.88. The summed E-state index contributed by atoms with van der Waals surface area (Å²) in [5, 5.41) is 3.18. The molecule has 0 radical (unpaired) electrons. The van der Waals surface area contributed by atoms with E-state index in [0.717, 1.165) is 42.6 Å². The topological polar surface area (TPSA) is 58.6 Å². The van der Waals surface area contributed by atoms with Gasteiger partial charge in [0.2, 0.25) is 5.91 Å². The Morgan fingerprint density at radius 3 is 2.33 bits per heavy atom. The molecule has 1 aliphatic rings. The van der Waals surface area contributed by atoms with Gasteiger partial charge in [0.15, 0.2) is 6.61 Å². The lowest BCUT2D eigenvalue weighted by Gasteiger charge is -2.31. The molecule has 1 aliphatic carbocycles. The molecule has 1 unspecified atom stereocenters. The second-order valence-electron chi connectivity index (χ2n) is 9.32. The normalized spacial score (nSPS) is 15.2. The summed E-state index contributed by atoms with van der Waals surface area (Å²) in [6.45, 7) is 6.42. The Balaban J connectivity index is 1.68. The van der Waals surface area contributed by atoms with E-state index in [2.05, 4.69) is 19.2 Å². The van der Waals surface area contributed by atoms with E-state index in [1.54, 1.807) is 4.90 Å². The van der Waals surface area contributed by atoms with E-state index in [9.17, 15) is 9.59 Å². The minimum absolute atomic E-state index is 0.0779. The molecule has 0 bridgehead atoms. The number of amides is 2. The summed E-state index contributed by atoms with van der Waals surface area (Å²) in [5.74, 6) is 0.774. The zero-order chi connectivity index (χ0) is 23.6. The van der Waals surface area contributed by atoms with Gasteiger partial charge < -0.3 is 15.0 Å². The summed E-state index contributed by atoms with van der Waals surface area (Å²) >= 11 is 0. The predicted molar refractivity (Wildman–Crippen MR) is 132 cm³/mol. The number of nitrogens with zero attached hydrogens (tertiary/aromatic N) is 1. The fraction of sp³-hybridized carbons (Fsp3) is 0.500. The Kier molecular flexibility index (Phi) is 9.35. The summed E-state index contributed by atoms with van der Waals surface area (Å²) in [7, 11) is 0. The van der Waals surface area contributed by atoms with Crippen LogP contribution in [0.4, 0.5) is 0 Å². The molecule has 1 N–H and O–H groups in total. The highest BCUT2D eigenvalue weighted by Gasteiger charge is 2.28. The Labute approximate surface area is 198 Å². The highest BCUT2D eigenvalue weighted by atomic mass is 16.5. The Morgan fingerprint density at radius 2 is 1.64 bits per heavy atom. The van der Waals surface area contributed by atoms with E-state index in [1.165, 1.54) is 6.42 Å². The molecule has 0 spiro atoms. The Hall–Kier alpha value is -2.82. The molecule has 1 atom stereocenters. The molecular formula is C28H38N2O3. The van der Waals surface area contributed by atoms with Crippen molar-refractivity contribution in [1.82, 2.24) is 10.2 Å². The van der Waals surface area contributed by atoms with Crippen LogP contribution in [0.2, 0.25) is 0 Å². The summed E-state index contributed by atoms with van der Waals surface area (Å²) in [6.07, 6.45) is 6.27. The molecule has 178 valence electrons. The zero-order valence-electron chi connectivity index (χ0n) is 20.3. The summed E-state index contributed by atoms with van der Waals surface area (Å²) in [5.41, 5.74) is 2.21. The van der Waals surface area contributed by atoms with Gasteiger partial charge in [0.05, 0.1) is 0 Å². The number of rotatable bonds is 10. The first-order valence-electron chi connectivity index (χ1n) is 12.3. The minimum Gasteiger partial charge on any atom is -0.483 e. The average Bonchev–Trinajstić information content (AvgIpc) is 2.84. The van der Waals surface area contributed by atoms with Crippen LogP contribution in [0.1, 0.15) is 69.9 Å². The number of carbonyl (C=O) groups is 2. The van der Waals surface area contributed by atoms with Gasteiger partial charge in [0, 0.05) is 12.6 Å². The first-order valence-corrected chi connectivity index (χ1v) is 12.3. The number of hydrogen-bond donors (Lipinski definition) is 1. The third-order valence-corrected chi connectivity index (χ3v) is 6.50. The number of hydrogen-bond acceptors (Lipinski definition) is 3. The quantitative estimate of drug-likeness (QED) is 0.548. The Bertz CT molecular complexity index is 891. The van der Waals surface area contributed by atoms with Crippen LogP contribution in [-0.4, -0.2) is 41.9 Å². The summed E-state index contributed by atoms with van der Waals surface area (Å²) in [6, 6.07) is 17.5. The van der Waals surface area contributed by atoms with Gasteiger partial charge in [-0.3, -0.25) is 9.59 Å². The molecular weight excluding hydrogens is 412 g/mol. The maximum absolute atomic E-state index is 13.3. The molecule has 1 fully saturated rings. The third kappa shape index (κ3) is 7.34. The van der Waals surface area contributed by atoms with Gasteiger partial charge in [0.1, 0.15) is 11.8 Å². The van der Waals surface area contributed by atoms with Gasteiger partial charge in [-0.1, -0.05) is 81.6 Å². The monoisotopic (exact) mass is 450 g/mol. The van der Waals surface area contributed by atoms with Crippen LogP contribution in [0, 0.1) is 0 Å². The smallest absolute Gasteiger partial charge is 0.261 e. The SMILES string of the molecule is CC(C)c1ccccc1OCC(=O)N(CCc1ccccc1)C(C)C(=O)NC1CCCCC1. The van der Waals surface area contributed by atoms with Gasteiger partial charge in [-0.2, -0.15) is 0 Å². The van der Waals surface area contributed by atoms with Crippen molar-refractivity contribution < 1.29 is 14.3 Å². The van der Waals surface area contributed by atoms with Crippen molar-refractivity contribution in [3.63, 3.8) is 0 Å². The molecule has 2 amide bonds. The van der Waals surface area contributed by atoms with Crippen molar-refractivity contribution in [1.29, 1.82) is 0 Å². The van der Waals surface area contributed by atoms with Crippen molar-refractivity contribution in [2.24, 2.45) is 0 Å². The second-order valence-corrected chi connectivity index (χ2v) is 9.32. The van der Waals surface area contributed by atoms with Crippen molar-refractivity contribution in [2.75, 3.05) is 13.2 Å². The lowest BCUT2D eigenvalue weighted by molar-refractivity contribution is -0.141. The molecule has 5 heteroatoms. The first kappa shape index (κ1) is 24.8. The van der Waals surface area contributed by atoms with Crippen LogP contribution in [0.25, 0.3) is 0 Å². The molecule has 0 saturated heterocycles. The van der Waals surface area contributed by atoms with E-state index in [1.807, 2.05) is 61.5 Å².